The van der Waals surface area contributed by atoms with Crippen LogP contribution in [0.1, 0.15) is 33.6 Å². The van der Waals surface area contributed by atoms with Crippen LogP contribution < -0.4 is 24.7 Å². The van der Waals surface area contributed by atoms with Gasteiger partial charge < -0.3 is 24.7 Å². The summed E-state index contributed by atoms with van der Waals surface area (Å²) < 4.78 is 22.1. The Labute approximate surface area is 231 Å². The molecule has 3 heterocycles. The molecule has 3 N–H and O–H groups in total. The van der Waals surface area contributed by atoms with E-state index < -0.39 is 22.5 Å². The summed E-state index contributed by atoms with van der Waals surface area (Å²) in [5, 5.41) is 31.2. The number of hydrogen-bond acceptors (Lipinski definition) is 11. The van der Waals surface area contributed by atoms with Crippen molar-refractivity contribution in [1.29, 1.82) is 5.26 Å². The Bertz CT molecular complexity index is 1670. The lowest BCUT2D eigenvalue weighted by molar-refractivity contribution is -0.385. The number of aromatic amines is 1. The number of ether oxygens (including phenoxy) is 4. The second kappa shape index (κ2) is 10.8. The lowest BCUT2D eigenvalue weighted by atomic mass is 9.82. The van der Waals surface area contributed by atoms with E-state index in [9.17, 15) is 20.2 Å². The van der Waals surface area contributed by atoms with Crippen molar-refractivity contribution in [1.82, 2.24) is 10.2 Å². The van der Waals surface area contributed by atoms with E-state index in [1.807, 2.05) is 0 Å². The van der Waals surface area contributed by atoms with Gasteiger partial charge in [0.25, 0.3) is 0 Å². The molecular weight excluding hydrogens is 538 g/mol. The van der Waals surface area contributed by atoms with Crippen LogP contribution in [0.15, 0.2) is 65.4 Å². The molecule has 2 aromatic carbocycles. The largest absolute Gasteiger partial charge is 0.497 e. The lowest BCUT2D eigenvalue weighted by Gasteiger charge is -2.25. The maximum Gasteiger partial charge on any atom is 0.354 e. The number of esters is 1. The summed E-state index contributed by atoms with van der Waals surface area (Å²) in [5.41, 5.74) is 7.52. The summed E-state index contributed by atoms with van der Waals surface area (Å²) >= 11 is 1.13. The molecule has 5 rings (SSSR count). The van der Waals surface area contributed by atoms with Gasteiger partial charge in [-0.1, -0.05) is 6.07 Å². The van der Waals surface area contributed by atoms with Gasteiger partial charge in [-0.2, -0.15) is 5.26 Å². The molecule has 0 unspecified atom stereocenters. The number of nitrogens with one attached hydrogen (secondary N) is 1. The van der Waals surface area contributed by atoms with Crippen molar-refractivity contribution in [3.8, 4) is 40.5 Å². The van der Waals surface area contributed by atoms with E-state index in [2.05, 4.69) is 16.3 Å². The molecule has 40 heavy (non-hydrogen) atoms. The normalized spacial score (nSPS) is 14.1. The van der Waals surface area contributed by atoms with Crippen LogP contribution in [0, 0.1) is 21.4 Å². The molecule has 4 aromatic rings. The molecule has 12 nitrogen and oxygen atoms in total. The lowest BCUT2D eigenvalue weighted by Crippen LogP contribution is -2.21. The highest BCUT2D eigenvalue weighted by molar-refractivity contribution is 7.12. The number of methoxy groups -OCH3 is 1. The summed E-state index contributed by atoms with van der Waals surface area (Å²) in [6.07, 6.45) is 0. The number of carbonyl (C=O) groups is 1. The number of carbonyl (C=O) groups excluding carboxylic acids is 1. The van der Waals surface area contributed by atoms with Gasteiger partial charge in [-0.15, -0.1) is 16.4 Å². The van der Waals surface area contributed by atoms with Crippen molar-refractivity contribution in [3.05, 3.63) is 91.5 Å². The van der Waals surface area contributed by atoms with Crippen LogP contribution in [0.25, 0.3) is 11.3 Å². The Kier molecular flexibility index (Phi) is 7.09. The summed E-state index contributed by atoms with van der Waals surface area (Å²) in [6, 6.07) is 15.1. The number of H-pyrrole nitrogens is 1. The van der Waals surface area contributed by atoms with E-state index in [0.717, 1.165) is 11.3 Å². The summed E-state index contributed by atoms with van der Waals surface area (Å²) in [4.78, 5) is 24.5. The fourth-order valence-electron chi connectivity index (χ4n) is 4.37. The highest BCUT2D eigenvalue weighted by Gasteiger charge is 2.38. The highest BCUT2D eigenvalue weighted by atomic mass is 32.1. The average molecular weight is 560 g/mol. The number of benzene rings is 2. The first kappa shape index (κ1) is 26.3. The molecule has 0 radical (unpaired) electrons. The zero-order valence-corrected chi connectivity index (χ0v) is 22.0. The number of thiophene rings is 1. The first-order valence-corrected chi connectivity index (χ1v) is 12.7. The van der Waals surface area contributed by atoms with Gasteiger partial charge in [0.2, 0.25) is 17.5 Å². The van der Waals surface area contributed by atoms with E-state index in [-0.39, 0.29) is 45.9 Å². The predicted octanol–water partition coefficient (Wildman–Crippen LogP) is 4.89. The smallest absolute Gasteiger partial charge is 0.354 e. The molecule has 2 aromatic heterocycles. The summed E-state index contributed by atoms with van der Waals surface area (Å²) in [6.45, 7) is 1.81. The second-order valence-corrected chi connectivity index (χ2v) is 9.34. The average Bonchev–Trinajstić information content (AvgIpc) is 3.64. The Morgan fingerprint density at radius 2 is 2.08 bits per heavy atom. The van der Waals surface area contributed by atoms with E-state index in [4.69, 9.17) is 24.7 Å². The third-order valence-electron chi connectivity index (χ3n) is 6.12. The number of fused-ring (bicyclic) bond motifs is 1. The van der Waals surface area contributed by atoms with Crippen LogP contribution in [0.4, 0.5) is 5.69 Å². The molecule has 0 saturated carbocycles. The standard InChI is InChI=1S/C27H21N5O7S/c1-3-37-19-12-15(11-18(32(34)35)24(19)38-27(33)20-5-4-10-40-20)21-17(13-28)25(29)39-26-22(21)23(30-31-26)14-6-8-16(36-2)9-7-14/h4-12,21H,3,29H2,1-2H3,(H,30,31)/t21-/m1/s1. The van der Waals surface area contributed by atoms with E-state index >= 15 is 0 Å². The van der Waals surface area contributed by atoms with E-state index in [1.165, 1.54) is 12.1 Å². The van der Waals surface area contributed by atoms with Crippen molar-refractivity contribution in [2.45, 2.75) is 12.8 Å². The molecular formula is C27H21N5O7S. The number of nitrogens with zero attached hydrogens (tertiary/aromatic N) is 3. The van der Waals surface area contributed by atoms with Crippen molar-refractivity contribution in [2.75, 3.05) is 13.7 Å². The first-order valence-electron chi connectivity index (χ1n) is 11.9. The van der Waals surface area contributed by atoms with Crippen molar-refractivity contribution in [3.63, 3.8) is 0 Å². The Morgan fingerprint density at radius 1 is 1.30 bits per heavy atom. The monoisotopic (exact) mass is 559 g/mol. The van der Waals surface area contributed by atoms with Gasteiger partial charge >= 0.3 is 11.7 Å². The van der Waals surface area contributed by atoms with Crippen molar-refractivity contribution in [2.24, 2.45) is 5.73 Å². The predicted molar refractivity (Wildman–Crippen MR) is 143 cm³/mol. The number of rotatable bonds is 8. The minimum absolute atomic E-state index is 0.0174. The van der Waals surface area contributed by atoms with E-state index in [1.54, 1.807) is 55.8 Å². The number of aromatic nitrogens is 2. The topological polar surface area (TPSA) is 176 Å². The minimum atomic E-state index is -0.926. The summed E-state index contributed by atoms with van der Waals surface area (Å²) in [5.74, 6) is -1.53. The zero-order chi connectivity index (χ0) is 28.4. The van der Waals surface area contributed by atoms with Gasteiger partial charge in [0.05, 0.1) is 35.8 Å². The number of allylic oxidation sites excluding steroid dienone is 1. The number of nitro benzene ring substituents is 1. The Morgan fingerprint density at radius 3 is 2.70 bits per heavy atom. The SMILES string of the molecule is CCOc1cc([C@@H]2C(C#N)=C(N)Oc3n[nH]c(-c4ccc(OC)cc4)c32)cc([N+](=O)[O-])c1OC(=O)c1cccs1. The first-order chi connectivity index (χ1) is 19.4. The van der Waals surface area contributed by atoms with Gasteiger partial charge in [0.15, 0.2) is 5.75 Å². The molecule has 0 bridgehead atoms. The molecule has 0 amide bonds. The van der Waals surface area contributed by atoms with Gasteiger partial charge in [0.1, 0.15) is 22.3 Å². The maximum atomic E-state index is 12.7. The Hall–Kier alpha value is -5.35. The van der Waals surface area contributed by atoms with Crippen molar-refractivity contribution >= 4 is 23.0 Å². The third-order valence-corrected chi connectivity index (χ3v) is 6.97. The summed E-state index contributed by atoms with van der Waals surface area (Å²) in [7, 11) is 1.55. The number of nitrogens with two attached hydrogens (primary N) is 1. The van der Waals surface area contributed by atoms with Crippen LogP contribution in [-0.4, -0.2) is 34.8 Å². The van der Waals surface area contributed by atoms with Crippen LogP contribution in [0.5, 0.6) is 23.1 Å². The number of hydrogen-bond donors (Lipinski definition) is 2. The fourth-order valence-corrected chi connectivity index (χ4v) is 4.97. The molecule has 202 valence electrons. The van der Waals surface area contributed by atoms with Gasteiger partial charge in [-0.05, 0) is 54.3 Å². The molecule has 1 aliphatic rings. The second-order valence-electron chi connectivity index (χ2n) is 8.39. The maximum absolute atomic E-state index is 12.7. The molecule has 0 aliphatic carbocycles. The molecule has 0 spiro atoms. The zero-order valence-electron chi connectivity index (χ0n) is 21.2. The molecule has 0 saturated heterocycles. The third kappa shape index (κ3) is 4.67. The number of nitriles is 1. The molecule has 1 aliphatic heterocycles. The number of nitro groups is 1. The molecule has 13 heteroatoms. The Balaban J connectivity index is 1.69. The minimum Gasteiger partial charge on any atom is -0.497 e. The van der Waals surface area contributed by atoms with Gasteiger partial charge in [-0.25, -0.2) is 4.79 Å². The van der Waals surface area contributed by atoms with E-state index in [0.29, 0.717) is 22.6 Å². The van der Waals surface area contributed by atoms with Crippen LogP contribution in [-0.2, 0) is 0 Å². The highest BCUT2D eigenvalue weighted by Crippen LogP contribution is 2.49. The quantitative estimate of drug-likeness (QED) is 0.131. The van der Waals surface area contributed by atoms with Crippen LogP contribution in [0.3, 0.4) is 0 Å². The molecule has 1 atom stereocenters. The van der Waals surface area contributed by atoms with Crippen LogP contribution >= 0.6 is 11.3 Å². The van der Waals surface area contributed by atoms with Gasteiger partial charge in [-0.3, -0.25) is 15.2 Å². The fraction of sp³-hybridized carbons (Fsp3) is 0.148. The molecule has 0 fully saturated rings. The van der Waals surface area contributed by atoms with Gasteiger partial charge in [0, 0.05) is 11.6 Å². The van der Waals surface area contributed by atoms with Crippen LogP contribution in [0.2, 0.25) is 0 Å². The van der Waals surface area contributed by atoms with Crippen molar-refractivity contribution < 1.29 is 28.7 Å².